The fourth-order valence-electron chi connectivity index (χ4n) is 3.67. The highest BCUT2D eigenvalue weighted by atomic mass is 32.2. The van der Waals surface area contributed by atoms with Gasteiger partial charge in [0.25, 0.3) is 11.6 Å². The third-order valence-corrected chi connectivity index (χ3v) is 7.28. The van der Waals surface area contributed by atoms with Crippen LogP contribution in [0.3, 0.4) is 0 Å². The lowest BCUT2D eigenvalue weighted by Crippen LogP contribution is -2.31. The van der Waals surface area contributed by atoms with Crippen molar-refractivity contribution in [3.8, 4) is 5.75 Å². The maximum absolute atomic E-state index is 13.0. The molecule has 13 heteroatoms. The van der Waals surface area contributed by atoms with Gasteiger partial charge in [-0.05, 0) is 68.2 Å². The maximum atomic E-state index is 13.0. The summed E-state index contributed by atoms with van der Waals surface area (Å²) < 4.78 is 7.06. The maximum Gasteiger partial charge on any atom is 0.269 e. The lowest BCUT2D eigenvalue weighted by molar-refractivity contribution is -0.384. The van der Waals surface area contributed by atoms with E-state index in [0.29, 0.717) is 46.5 Å². The quantitative estimate of drug-likeness (QED) is 0.176. The van der Waals surface area contributed by atoms with Crippen molar-refractivity contribution in [2.75, 3.05) is 30.2 Å². The lowest BCUT2D eigenvalue weighted by atomic mass is 10.1. The van der Waals surface area contributed by atoms with E-state index in [-0.39, 0.29) is 29.3 Å². The van der Waals surface area contributed by atoms with Gasteiger partial charge in [-0.25, -0.2) is 0 Å². The minimum atomic E-state index is -0.477. The van der Waals surface area contributed by atoms with E-state index >= 15 is 0 Å². The van der Waals surface area contributed by atoms with Crippen LogP contribution in [-0.4, -0.2) is 56.4 Å². The highest BCUT2D eigenvalue weighted by Gasteiger charge is 2.24. The number of non-ortho nitro benzene ring substituents is 1. The van der Waals surface area contributed by atoms with Crippen LogP contribution >= 0.6 is 23.5 Å². The Kier molecular flexibility index (Phi) is 10.5. The van der Waals surface area contributed by atoms with E-state index in [1.54, 1.807) is 50.1 Å². The number of nitro groups is 1. The Morgan fingerprint density at radius 2 is 1.92 bits per heavy atom. The van der Waals surface area contributed by atoms with Crippen molar-refractivity contribution in [1.29, 1.82) is 0 Å². The van der Waals surface area contributed by atoms with E-state index in [0.717, 1.165) is 5.75 Å². The van der Waals surface area contributed by atoms with Crippen molar-refractivity contribution in [1.82, 2.24) is 20.1 Å². The molecule has 1 atom stereocenters. The van der Waals surface area contributed by atoms with Crippen molar-refractivity contribution in [3.05, 3.63) is 69.5 Å². The van der Waals surface area contributed by atoms with Crippen molar-refractivity contribution in [3.63, 3.8) is 0 Å². The number of aromatic nitrogens is 3. The topological polar surface area (TPSA) is 141 Å². The number of nitrogens with one attached hydrogen (secondary N) is 2. The van der Waals surface area contributed by atoms with Crippen molar-refractivity contribution in [2.24, 2.45) is 0 Å². The number of amides is 2. The Morgan fingerprint density at radius 1 is 1.18 bits per heavy atom. The number of hydrogen-bond acceptors (Lipinski definition) is 9. The highest BCUT2D eigenvalue weighted by Crippen LogP contribution is 2.25. The van der Waals surface area contributed by atoms with Crippen LogP contribution in [0.25, 0.3) is 0 Å². The molecule has 0 fully saturated rings. The average Bonchev–Trinajstić information content (AvgIpc) is 3.33. The summed E-state index contributed by atoms with van der Waals surface area (Å²) in [6, 6.07) is 10.8. The molecular weight excluding hydrogens is 528 g/mol. The Bertz CT molecular complexity index is 1280. The van der Waals surface area contributed by atoms with Crippen molar-refractivity contribution >= 4 is 46.7 Å². The first kappa shape index (κ1) is 29.0. The molecule has 0 saturated heterocycles. The molecule has 38 heavy (non-hydrogen) atoms. The van der Waals surface area contributed by atoms with Gasteiger partial charge in [0.1, 0.15) is 5.75 Å². The zero-order valence-corrected chi connectivity index (χ0v) is 23.2. The molecule has 3 rings (SSSR count). The Morgan fingerprint density at radius 3 is 2.53 bits per heavy atom. The van der Waals surface area contributed by atoms with E-state index < -0.39 is 4.92 Å². The highest BCUT2D eigenvalue weighted by molar-refractivity contribution is 7.99. The van der Waals surface area contributed by atoms with Crippen molar-refractivity contribution in [2.45, 2.75) is 38.0 Å². The molecule has 11 nitrogen and oxygen atoms in total. The van der Waals surface area contributed by atoms with Crippen LogP contribution in [0.2, 0.25) is 0 Å². The second-order valence-electron chi connectivity index (χ2n) is 8.21. The summed E-state index contributed by atoms with van der Waals surface area (Å²) in [6.45, 7) is 4.21. The molecule has 0 aliphatic heterocycles. The van der Waals surface area contributed by atoms with Gasteiger partial charge in [0, 0.05) is 29.9 Å². The first-order valence-corrected chi connectivity index (χ1v) is 14.2. The number of anilines is 1. The van der Waals surface area contributed by atoms with Crippen LogP contribution in [0.15, 0.2) is 47.6 Å². The van der Waals surface area contributed by atoms with Crippen molar-refractivity contribution < 1.29 is 19.2 Å². The molecule has 0 spiro atoms. The van der Waals surface area contributed by atoms with Crippen LogP contribution in [0.5, 0.6) is 5.75 Å². The van der Waals surface area contributed by atoms with Gasteiger partial charge >= 0.3 is 0 Å². The van der Waals surface area contributed by atoms with Crippen LogP contribution in [-0.2, 0) is 11.3 Å². The second-order valence-corrected chi connectivity index (χ2v) is 10.1. The molecule has 0 aliphatic rings. The number of benzene rings is 2. The number of thioether (sulfide) groups is 2. The SMILES string of the molecule is CCn1c(SCC(=O)Nc2ccc([N+](=O)[O-])cc2C)nnc1[C@H](CCSC)NC(=O)c1ccc(OC)cc1. The van der Waals surface area contributed by atoms with Crippen LogP contribution in [0.1, 0.15) is 41.1 Å². The molecule has 1 aromatic heterocycles. The van der Waals surface area contributed by atoms with Gasteiger partial charge in [-0.1, -0.05) is 11.8 Å². The minimum Gasteiger partial charge on any atom is -0.497 e. The number of carbonyl (C=O) groups is 2. The number of aryl methyl sites for hydroxylation is 1. The molecule has 0 aliphatic carbocycles. The van der Waals surface area contributed by atoms with Crippen LogP contribution in [0.4, 0.5) is 11.4 Å². The largest absolute Gasteiger partial charge is 0.497 e. The number of hydrogen-bond donors (Lipinski definition) is 2. The van der Waals surface area contributed by atoms with E-state index in [1.165, 1.54) is 30.0 Å². The van der Waals surface area contributed by atoms with Gasteiger partial charge in [-0.2, -0.15) is 11.8 Å². The van der Waals surface area contributed by atoms with Gasteiger partial charge < -0.3 is 19.9 Å². The van der Waals surface area contributed by atoms with E-state index in [9.17, 15) is 19.7 Å². The molecule has 0 saturated carbocycles. The molecule has 0 unspecified atom stereocenters. The Balaban J connectivity index is 1.70. The average molecular weight is 559 g/mol. The molecule has 2 aromatic carbocycles. The summed E-state index contributed by atoms with van der Waals surface area (Å²) >= 11 is 2.90. The summed E-state index contributed by atoms with van der Waals surface area (Å²) in [5.41, 5.74) is 1.59. The van der Waals surface area contributed by atoms with E-state index in [1.807, 2.05) is 17.7 Å². The van der Waals surface area contributed by atoms with Gasteiger partial charge in [0.15, 0.2) is 11.0 Å². The number of nitrogens with zero attached hydrogens (tertiary/aromatic N) is 4. The molecule has 3 aromatic rings. The predicted molar refractivity (Wildman–Crippen MR) is 149 cm³/mol. The molecule has 202 valence electrons. The fraction of sp³-hybridized carbons (Fsp3) is 0.360. The molecular formula is C25H30N6O5S2. The summed E-state index contributed by atoms with van der Waals surface area (Å²) in [4.78, 5) is 36.0. The lowest BCUT2D eigenvalue weighted by Gasteiger charge is -2.19. The van der Waals surface area contributed by atoms with Gasteiger partial charge in [-0.15, -0.1) is 10.2 Å². The monoisotopic (exact) mass is 558 g/mol. The van der Waals surface area contributed by atoms with E-state index in [2.05, 4.69) is 20.8 Å². The molecule has 2 amide bonds. The fourth-order valence-corrected chi connectivity index (χ4v) is 4.95. The zero-order valence-electron chi connectivity index (χ0n) is 21.6. The molecule has 1 heterocycles. The molecule has 0 radical (unpaired) electrons. The summed E-state index contributed by atoms with van der Waals surface area (Å²) in [6.07, 6.45) is 2.66. The number of rotatable bonds is 13. The van der Waals surface area contributed by atoms with Crippen LogP contribution < -0.4 is 15.4 Å². The zero-order chi connectivity index (χ0) is 27.7. The third-order valence-electron chi connectivity index (χ3n) is 5.67. The number of ether oxygens (including phenoxy) is 1. The molecule has 0 bridgehead atoms. The normalized spacial score (nSPS) is 11.6. The van der Waals surface area contributed by atoms with Gasteiger partial charge in [-0.3, -0.25) is 19.7 Å². The van der Waals surface area contributed by atoms with Gasteiger partial charge in [0.05, 0.1) is 23.8 Å². The first-order valence-electron chi connectivity index (χ1n) is 11.8. The molecule has 2 N–H and O–H groups in total. The summed E-state index contributed by atoms with van der Waals surface area (Å²) in [5.74, 6) is 1.67. The first-order chi connectivity index (χ1) is 18.3. The van der Waals surface area contributed by atoms with Gasteiger partial charge in [0.2, 0.25) is 5.91 Å². The summed E-state index contributed by atoms with van der Waals surface area (Å²) in [7, 11) is 1.57. The van der Waals surface area contributed by atoms with Crippen LogP contribution in [0, 0.1) is 17.0 Å². The number of carbonyl (C=O) groups excluding carboxylic acids is 2. The second kappa shape index (κ2) is 13.8. The Labute approximate surface area is 229 Å². The number of methoxy groups -OCH3 is 1. The summed E-state index contributed by atoms with van der Waals surface area (Å²) in [5, 5.41) is 26.0. The minimum absolute atomic E-state index is 0.0337. The third kappa shape index (κ3) is 7.48. The van der Waals surface area contributed by atoms with E-state index in [4.69, 9.17) is 4.74 Å². The standard InChI is InChI=1S/C25H30N6O5S2/c1-5-30-23(21(12-13-37-4)27-24(33)17-6-9-19(36-3)10-7-17)28-29-25(30)38-15-22(32)26-20-11-8-18(31(34)35)14-16(20)2/h6-11,14,21H,5,12-13,15H2,1-4H3,(H,26,32)(H,27,33)/t21-/m0/s1. The smallest absolute Gasteiger partial charge is 0.269 e. The predicted octanol–water partition coefficient (Wildman–Crippen LogP) is 4.48. The Hall–Kier alpha value is -3.58. The number of nitro benzene ring substituents is 1.